The number of carbonyl (C=O) groups excluding carboxylic acids is 1. The van der Waals surface area contributed by atoms with Gasteiger partial charge in [-0.2, -0.15) is 0 Å². The molecule has 118 valence electrons. The molecule has 0 saturated carbocycles. The molecule has 0 bridgehead atoms. The van der Waals surface area contributed by atoms with E-state index in [0.29, 0.717) is 17.5 Å². The van der Waals surface area contributed by atoms with Gasteiger partial charge in [0.05, 0.1) is 12.0 Å². The normalized spacial score (nSPS) is 10.9. The average molecular weight is 328 g/mol. The minimum absolute atomic E-state index is 0.0695. The predicted molar refractivity (Wildman–Crippen MR) is 86.6 cm³/mol. The fourth-order valence-electron chi connectivity index (χ4n) is 2.28. The first kappa shape index (κ1) is 15.5. The van der Waals surface area contributed by atoms with Crippen molar-refractivity contribution in [1.82, 2.24) is 20.2 Å². The smallest absolute Gasteiger partial charge is 0.210 e. The van der Waals surface area contributed by atoms with Gasteiger partial charge in [-0.1, -0.05) is 35.5 Å². The second-order valence-electron chi connectivity index (χ2n) is 5.23. The second kappa shape index (κ2) is 6.78. The maximum absolute atomic E-state index is 12.4. The summed E-state index contributed by atoms with van der Waals surface area (Å²) in [6, 6.07) is 9.51. The number of thioether (sulfide) groups is 1. The summed E-state index contributed by atoms with van der Waals surface area (Å²) in [5.74, 6) is 1.13. The van der Waals surface area contributed by atoms with E-state index in [1.54, 1.807) is 10.9 Å². The van der Waals surface area contributed by atoms with Gasteiger partial charge in [-0.15, -0.1) is 5.10 Å². The molecule has 0 aliphatic rings. The highest BCUT2D eigenvalue weighted by Gasteiger charge is 2.14. The summed E-state index contributed by atoms with van der Waals surface area (Å²) < 4.78 is 6.91. The van der Waals surface area contributed by atoms with Crippen LogP contribution in [0.2, 0.25) is 0 Å². The zero-order valence-corrected chi connectivity index (χ0v) is 13.7. The monoisotopic (exact) mass is 328 g/mol. The van der Waals surface area contributed by atoms with Crippen LogP contribution in [0, 0.1) is 13.8 Å². The molecular weight excluding hydrogens is 312 g/mol. The van der Waals surface area contributed by atoms with Gasteiger partial charge < -0.3 is 4.42 Å². The molecule has 0 N–H and O–H groups in total. The van der Waals surface area contributed by atoms with E-state index in [9.17, 15) is 4.79 Å². The van der Waals surface area contributed by atoms with Gasteiger partial charge in [0.15, 0.2) is 5.78 Å². The molecular formula is C16H16N4O2S. The van der Waals surface area contributed by atoms with Crippen LogP contribution in [0.3, 0.4) is 0 Å². The van der Waals surface area contributed by atoms with Gasteiger partial charge in [-0.25, -0.2) is 4.68 Å². The zero-order valence-electron chi connectivity index (χ0n) is 12.9. The topological polar surface area (TPSA) is 73.8 Å². The van der Waals surface area contributed by atoms with Crippen LogP contribution < -0.4 is 0 Å². The standard InChI is InChI=1S/C16H16N4O2S/c1-11-5-6-14(12(2)8-11)15(21)10-23-16-17-18-19-20(16)9-13-4-3-7-22-13/h3-8H,9-10H2,1-2H3. The van der Waals surface area contributed by atoms with Gasteiger partial charge in [-0.05, 0) is 42.0 Å². The van der Waals surface area contributed by atoms with Crippen LogP contribution in [-0.2, 0) is 6.54 Å². The molecule has 0 radical (unpaired) electrons. The number of hydrogen-bond acceptors (Lipinski definition) is 6. The maximum atomic E-state index is 12.4. The molecule has 7 heteroatoms. The number of aromatic nitrogens is 4. The fourth-order valence-corrected chi connectivity index (χ4v) is 3.04. The van der Waals surface area contributed by atoms with Crippen molar-refractivity contribution in [1.29, 1.82) is 0 Å². The molecule has 0 fully saturated rings. The van der Waals surface area contributed by atoms with Gasteiger partial charge in [0.25, 0.3) is 0 Å². The molecule has 2 aromatic heterocycles. The summed E-state index contributed by atoms with van der Waals surface area (Å²) in [5, 5.41) is 12.2. The van der Waals surface area contributed by atoms with E-state index in [0.717, 1.165) is 22.5 Å². The Bertz CT molecular complexity index is 811. The number of aryl methyl sites for hydroxylation is 2. The summed E-state index contributed by atoms with van der Waals surface area (Å²) in [7, 11) is 0. The van der Waals surface area contributed by atoms with Crippen LogP contribution >= 0.6 is 11.8 Å². The highest BCUT2D eigenvalue weighted by Crippen LogP contribution is 2.19. The number of ketones is 1. The number of carbonyl (C=O) groups is 1. The van der Waals surface area contributed by atoms with Crippen LogP contribution in [0.1, 0.15) is 27.2 Å². The molecule has 23 heavy (non-hydrogen) atoms. The molecule has 3 aromatic rings. The molecule has 0 aliphatic heterocycles. The molecule has 0 saturated heterocycles. The van der Waals surface area contributed by atoms with E-state index in [-0.39, 0.29) is 5.78 Å². The maximum Gasteiger partial charge on any atom is 0.210 e. The van der Waals surface area contributed by atoms with Crippen molar-refractivity contribution in [3.05, 3.63) is 59.0 Å². The molecule has 3 rings (SSSR count). The molecule has 0 spiro atoms. The lowest BCUT2D eigenvalue weighted by atomic mass is 10.0. The second-order valence-corrected chi connectivity index (χ2v) is 6.17. The minimum Gasteiger partial charge on any atom is -0.467 e. The van der Waals surface area contributed by atoms with Crippen molar-refractivity contribution in [3.8, 4) is 0 Å². The first-order valence-electron chi connectivity index (χ1n) is 7.15. The average Bonchev–Trinajstić information content (AvgIpc) is 3.17. The number of rotatable bonds is 6. The SMILES string of the molecule is Cc1ccc(C(=O)CSc2nnnn2Cc2ccco2)c(C)c1. The van der Waals surface area contributed by atoms with Gasteiger partial charge in [0.1, 0.15) is 12.3 Å². The summed E-state index contributed by atoms with van der Waals surface area (Å²) in [6.07, 6.45) is 1.61. The Morgan fingerprint density at radius 1 is 1.30 bits per heavy atom. The van der Waals surface area contributed by atoms with E-state index in [1.807, 2.05) is 44.2 Å². The molecule has 0 atom stereocenters. The van der Waals surface area contributed by atoms with E-state index in [4.69, 9.17) is 4.42 Å². The number of furan rings is 1. The van der Waals surface area contributed by atoms with Crippen molar-refractivity contribution in [3.63, 3.8) is 0 Å². The lowest BCUT2D eigenvalue weighted by molar-refractivity contribution is 0.102. The number of nitrogens with zero attached hydrogens (tertiary/aromatic N) is 4. The summed E-state index contributed by atoms with van der Waals surface area (Å²) in [4.78, 5) is 12.4. The molecule has 1 aromatic carbocycles. The highest BCUT2D eigenvalue weighted by molar-refractivity contribution is 7.99. The Balaban J connectivity index is 1.66. The Labute approximate surface area is 137 Å². The molecule has 0 aliphatic carbocycles. The van der Waals surface area contributed by atoms with Crippen molar-refractivity contribution >= 4 is 17.5 Å². The lowest BCUT2D eigenvalue weighted by Gasteiger charge is -2.06. The number of hydrogen-bond donors (Lipinski definition) is 0. The number of tetrazole rings is 1. The van der Waals surface area contributed by atoms with Crippen LogP contribution in [0.5, 0.6) is 0 Å². The van der Waals surface area contributed by atoms with Crippen LogP contribution in [0.4, 0.5) is 0 Å². The summed E-state index contributed by atoms with van der Waals surface area (Å²) in [5.41, 5.74) is 2.88. The first-order chi connectivity index (χ1) is 11.1. The van der Waals surface area contributed by atoms with Gasteiger partial charge in [0, 0.05) is 5.56 Å². The highest BCUT2D eigenvalue weighted by atomic mass is 32.2. The Kier molecular flexibility index (Phi) is 4.57. The molecule has 6 nitrogen and oxygen atoms in total. The largest absolute Gasteiger partial charge is 0.467 e. The summed E-state index contributed by atoms with van der Waals surface area (Å²) in [6.45, 7) is 4.41. The van der Waals surface area contributed by atoms with E-state index in [1.165, 1.54) is 11.8 Å². The fraction of sp³-hybridized carbons (Fsp3) is 0.250. The van der Waals surface area contributed by atoms with Crippen molar-refractivity contribution in [2.75, 3.05) is 5.75 Å². The third kappa shape index (κ3) is 3.68. The Morgan fingerprint density at radius 2 is 2.17 bits per heavy atom. The van der Waals surface area contributed by atoms with Crippen LogP contribution in [0.25, 0.3) is 0 Å². The molecule has 0 unspecified atom stereocenters. The Morgan fingerprint density at radius 3 is 2.91 bits per heavy atom. The third-order valence-electron chi connectivity index (χ3n) is 3.40. The number of Topliss-reactive ketones (excluding diaryl/α,β-unsaturated/α-hetero) is 1. The Hall–Kier alpha value is -2.41. The summed E-state index contributed by atoms with van der Waals surface area (Å²) >= 11 is 1.33. The third-order valence-corrected chi connectivity index (χ3v) is 4.36. The molecule has 2 heterocycles. The molecule has 0 amide bonds. The van der Waals surface area contributed by atoms with Gasteiger partial charge >= 0.3 is 0 Å². The quantitative estimate of drug-likeness (QED) is 0.512. The zero-order chi connectivity index (χ0) is 16.2. The van der Waals surface area contributed by atoms with Crippen LogP contribution in [-0.4, -0.2) is 31.7 Å². The van der Waals surface area contributed by atoms with Gasteiger partial charge in [0.2, 0.25) is 5.16 Å². The predicted octanol–water partition coefficient (Wildman–Crippen LogP) is 2.91. The van der Waals surface area contributed by atoms with Crippen molar-refractivity contribution in [2.24, 2.45) is 0 Å². The first-order valence-corrected chi connectivity index (χ1v) is 8.14. The minimum atomic E-state index is 0.0695. The van der Waals surface area contributed by atoms with Crippen molar-refractivity contribution in [2.45, 2.75) is 25.5 Å². The number of benzene rings is 1. The van der Waals surface area contributed by atoms with E-state index < -0.39 is 0 Å². The van der Waals surface area contributed by atoms with E-state index in [2.05, 4.69) is 15.5 Å². The van der Waals surface area contributed by atoms with E-state index >= 15 is 0 Å². The van der Waals surface area contributed by atoms with Crippen molar-refractivity contribution < 1.29 is 9.21 Å². The van der Waals surface area contributed by atoms with Crippen LogP contribution in [0.15, 0.2) is 46.2 Å². The lowest BCUT2D eigenvalue weighted by Crippen LogP contribution is -2.08. The van der Waals surface area contributed by atoms with Gasteiger partial charge in [-0.3, -0.25) is 4.79 Å².